The lowest BCUT2D eigenvalue weighted by Crippen LogP contribution is -2.34. The summed E-state index contributed by atoms with van der Waals surface area (Å²) >= 11 is 0. The molecule has 0 saturated heterocycles. The van der Waals surface area contributed by atoms with E-state index in [1.54, 1.807) is 16.7 Å². The lowest BCUT2D eigenvalue weighted by atomic mass is 10.0. The second kappa shape index (κ2) is 11.3. The standard InChI is InChI=1S/C30H31N3O4/c1-32-28(24-10-12-26(35-2)13-11-24)20-27(31-32)30(34)33-14-15-36-16-17-37-29-9-4-3-8-25(29)19-22-6-5-7-23(18-22)21-33/h3-13,18,20H,14-17,19,21H2,1-2H3. The molecule has 0 radical (unpaired) electrons. The third-order valence-electron chi connectivity index (χ3n) is 6.49. The summed E-state index contributed by atoms with van der Waals surface area (Å²) in [4.78, 5) is 15.5. The molecule has 0 spiro atoms. The van der Waals surface area contributed by atoms with Crippen LogP contribution in [0.3, 0.4) is 0 Å². The molecule has 7 heteroatoms. The highest BCUT2D eigenvalue weighted by Gasteiger charge is 2.21. The fourth-order valence-corrected chi connectivity index (χ4v) is 4.57. The van der Waals surface area contributed by atoms with Crippen molar-refractivity contribution in [2.24, 2.45) is 7.05 Å². The first-order chi connectivity index (χ1) is 18.1. The van der Waals surface area contributed by atoms with Crippen LogP contribution in [0.1, 0.15) is 27.2 Å². The zero-order valence-corrected chi connectivity index (χ0v) is 21.2. The first kappa shape index (κ1) is 24.6. The van der Waals surface area contributed by atoms with Crippen LogP contribution < -0.4 is 9.47 Å². The Bertz CT molecular complexity index is 1360. The fraction of sp³-hybridized carbons (Fsp3) is 0.267. The monoisotopic (exact) mass is 497 g/mol. The molecule has 3 aromatic carbocycles. The van der Waals surface area contributed by atoms with Gasteiger partial charge in [-0.3, -0.25) is 9.48 Å². The molecule has 0 unspecified atom stereocenters. The van der Waals surface area contributed by atoms with Gasteiger partial charge in [0.25, 0.3) is 5.91 Å². The number of hydrogen-bond acceptors (Lipinski definition) is 5. The van der Waals surface area contributed by atoms with Gasteiger partial charge in [0, 0.05) is 32.1 Å². The molecule has 0 fully saturated rings. The summed E-state index contributed by atoms with van der Waals surface area (Å²) in [6.45, 7) is 2.24. The number of fused-ring (bicyclic) bond motifs is 3. The van der Waals surface area contributed by atoms with Gasteiger partial charge in [-0.1, -0.05) is 42.5 Å². The van der Waals surface area contributed by atoms with Gasteiger partial charge in [0.2, 0.25) is 0 Å². The van der Waals surface area contributed by atoms with Crippen molar-refractivity contribution in [1.82, 2.24) is 14.7 Å². The number of nitrogens with zero attached hydrogens (tertiary/aromatic N) is 3. The molecular formula is C30H31N3O4. The van der Waals surface area contributed by atoms with Crippen LogP contribution in [0.4, 0.5) is 0 Å². The average Bonchev–Trinajstić information content (AvgIpc) is 3.31. The fourth-order valence-electron chi connectivity index (χ4n) is 4.57. The summed E-state index contributed by atoms with van der Waals surface area (Å²) in [7, 11) is 3.49. The number of ether oxygens (including phenoxy) is 3. The van der Waals surface area contributed by atoms with E-state index in [2.05, 4.69) is 29.4 Å². The molecule has 1 aliphatic heterocycles. The van der Waals surface area contributed by atoms with Crippen molar-refractivity contribution in [2.75, 3.05) is 33.5 Å². The minimum atomic E-state index is -0.127. The van der Waals surface area contributed by atoms with Crippen LogP contribution in [0.15, 0.2) is 78.9 Å². The molecule has 0 N–H and O–H groups in total. The number of benzene rings is 3. The second-order valence-electron chi connectivity index (χ2n) is 9.06. The van der Waals surface area contributed by atoms with Gasteiger partial charge < -0.3 is 19.1 Å². The Morgan fingerprint density at radius 3 is 2.57 bits per heavy atom. The molecule has 0 aliphatic carbocycles. The van der Waals surface area contributed by atoms with Crippen molar-refractivity contribution < 1.29 is 19.0 Å². The van der Waals surface area contributed by atoms with Gasteiger partial charge in [-0.05, 0) is 53.1 Å². The number of carbonyl (C=O) groups excluding carboxylic acids is 1. The van der Waals surface area contributed by atoms with Gasteiger partial charge in [0.1, 0.15) is 18.1 Å². The van der Waals surface area contributed by atoms with Crippen LogP contribution in [-0.4, -0.2) is 54.1 Å². The summed E-state index contributed by atoms with van der Waals surface area (Å²) in [5, 5.41) is 4.55. The smallest absolute Gasteiger partial charge is 0.274 e. The number of rotatable bonds is 3. The largest absolute Gasteiger partial charge is 0.497 e. The molecule has 37 heavy (non-hydrogen) atoms. The number of methoxy groups -OCH3 is 1. The summed E-state index contributed by atoms with van der Waals surface area (Å²) in [6.07, 6.45) is 0.754. The van der Waals surface area contributed by atoms with Crippen LogP contribution in [0.2, 0.25) is 0 Å². The van der Waals surface area contributed by atoms with Crippen molar-refractivity contribution in [3.63, 3.8) is 0 Å². The van der Waals surface area contributed by atoms with Gasteiger partial charge in [-0.25, -0.2) is 0 Å². The van der Waals surface area contributed by atoms with E-state index < -0.39 is 0 Å². The zero-order valence-electron chi connectivity index (χ0n) is 21.2. The SMILES string of the molecule is COc1ccc(-c2cc(C(=O)N3CCOCCOc4ccccc4Cc4cccc(c4)C3)nn2C)cc1. The van der Waals surface area contributed by atoms with E-state index in [-0.39, 0.29) is 5.91 Å². The number of carbonyl (C=O) groups is 1. The Kier molecular flexibility index (Phi) is 7.51. The highest BCUT2D eigenvalue weighted by Crippen LogP contribution is 2.25. The Balaban J connectivity index is 1.40. The lowest BCUT2D eigenvalue weighted by molar-refractivity contribution is 0.0566. The summed E-state index contributed by atoms with van der Waals surface area (Å²) in [6, 6.07) is 26.0. The van der Waals surface area contributed by atoms with E-state index in [1.807, 2.05) is 61.6 Å². The number of aryl methyl sites for hydroxylation is 1. The van der Waals surface area contributed by atoms with Crippen LogP contribution >= 0.6 is 0 Å². The van der Waals surface area contributed by atoms with E-state index in [1.165, 1.54) is 5.56 Å². The van der Waals surface area contributed by atoms with Crippen LogP contribution in [-0.2, 0) is 24.8 Å². The maximum atomic E-state index is 13.6. The number of hydrogen-bond donors (Lipinski definition) is 0. The molecule has 4 aromatic rings. The minimum absolute atomic E-state index is 0.127. The molecule has 2 bridgehead atoms. The second-order valence-corrected chi connectivity index (χ2v) is 9.06. The van der Waals surface area contributed by atoms with Crippen LogP contribution in [0.25, 0.3) is 11.3 Å². The third-order valence-corrected chi connectivity index (χ3v) is 6.49. The van der Waals surface area contributed by atoms with E-state index >= 15 is 0 Å². The normalized spacial score (nSPS) is 14.3. The number of aromatic nitrogens is 2. The van der Waals surface area contributed by atoms with Gasteiger partial charge in [0.05, 0.1) is 26.0 Å². The van der Waals surface area contributed by atoms with Crippen molar-refractivity contribution in [2.45, 2.75) is 13.0 Å². The number of para-hydroxylation sites is 1. The molecule has 2 heterocycles. The van der Waals surface area contributed by atoms with Crippen molar-refractivity contribution >= 4 is 5.91 Å². The predicted molar refractivity (Wildman–Crippen MR) is 142 cm³/mol. The molecule has 1 aliphatic rings. The molecule has 7 nitrogen and oxygen atoms in total. The van der Waals surface area contributed by atoms with Gasteiger partial charge >= 0.3 is 0 Å². The maximum absolute atomic E-state index is 13.6. The van der Waals surface area contributed by atoms with Crippen molar-refractivity contribution in [3.05, 3.63) is 101 Å². The van der Waals surface area contributed by atoms with Crippen molar-refractivity contribution in [1.29, 1.82) is 0 Å². The van der Waals surface area contributed by atoms with E-state index in [0.29, 0.717) is 38.6 Å². The molecular weight excluding hydrogens is 466 g/mol. The highest BCUT2D eigenvalue weighted by molar-refractivity contribution is 5.93. The molecule has 190 valence electrons. The number of amides is 1. The molecule has 5 rings (SSSR count). The summed E-state index contributed by atoms with van der Waals surface area (Å²) < 4.78 is 18.8. The average molecular weight is 498 g/mol. The topological polar surface area (TPSA) is 65.8 Å². The first-order valence-electron chi connectivity index (χ1n) is 12.4. The third kappa shape index (κ3) is 5.84. The highest BCUT2D eigenvalue weighted by atomic mass is 16.5. The molecule has 1 aromatic heterocycles. The summed E-state index contributed by atoms with van der Waals surface area (Å²) in [5.41, 5.74) is 5.60. The van der Waals surface area contributed by atoms with E-state index in [0.717, 1.165) is 40.3 Å². The Hall–Kier alpha value is -4.10. The van der Waals surface area contributed by atoms with Crippen molar-refractivity contribution in [3.8, 4) is 22.8 Å². The minimum Gasteiger partial charge on any atom is -0.497 e. The van der Waals surface area contributed by atoms with Gasteiger partial charge in [0.15, 0.2) is 5.69 Å². The van der Waals surface area contributed by atoms with E-state index in [4.69, 9.17) is 14.2 Å². The zero-order chi connectivity index (χ0) is 25.6. The first-order valence-corrected chi connectivity index (χ1v) is 12.4. The predicted octanol–water partition coefficient (Wildman–Crippen LogP) is 4.74. The molecule has 1 amide bonds. The molecule has 0 atom stereocenters. The van der Waals surface area contributed by atoms with Crippen LogP contribution in [0.5, 0.6) is 11.5 Å². The Morgan fingerprint density at radius 1 is 0.919 bits per heavy atom. The van der Waals surface area contributed by atoms with Gasteiger partial charge in [-0.15, -0.1) is 0 Å². The van der Waals surface area contributed by atoms with E-state index in [9.17, 15) is 4.79 Å². The molecule has 0 saturated carbocycles. The van der Waals surface area contributed by atoms with Crippen LogP contribution in [0, 0.1) is 0 Å². The maximum Gasteiger partial charge on any atom is 0.274 e. The summed E-state index contributed by atoms with van der Waals surface area (Å²) in [5.74, 6) is 1.54. The quantitative estimate of drug-likeness (QED) is 0.409. The Labute approximate surface area is 217 Å². The Morgan fingerprint density at radius 2 is 1.73 bits per heavy atom. The van der Waals surface area contributed by atoms with Gasteiger partial charge in [-0.2, -0.15) is 5.10 Å². The lowest BCUT2D eigenvalue weighted by Gasteiger charge is -2.23.